The molecule has 4 nitrogen and oxygen atoms in total. The molecule has 2 atom stereocenters. The zero-order valence-corrected chi connectivity index (χ0v) is 22.3. The third kappa shape index (κ3) is 5.36. The first-order valence-electron chi connectivity index (χ1n) is 10.1. The van der Waals surface area contributed by atoms with Gasteiger partial charge >= 0.3 is 0 Å². The number of rotatable bonds is 5. The fourth-order valence-electron chi connectivity index (χ4n) is 3.78. The second kappa shape index (κ2) is 9.97. The van der Waals surface area contributed by atoms with Crippen molar-refractivity contribution in [2.75, 3.05) is 10.6 Å². The zero-order valence-electron chi connectivity index (χ0n) is 17.7. The lowest BCUT2D eigenvalue weighted by molar-refractivity contribution is -0.117. The predicted octanol–water partition coefficient (Wildman–Crippen LogP) is 8.53. The summed E-state index contributed by atoms with van der Waals surface area (Å²) in [5, 5.41) is 6.19. The fourth-order valence-corrected chi connectivity index (χ4v) is 5.42. The molecule has 2 amide bonds. The van der Waals surface area contributed by atoms with E-state index in [9.17, 15) is 14.0 Å². The van der Waals surface area contributed by atoms with E-state index in [2.05, 4.69) is 10.6 Å². The van der Waals surface area contributed by atoms with Crippen LogP contribution in [0.3, 0.4) is 0 Å². The molecule has 4 rings (SSSR count). The van der Waals surface area contributed by atoms with Crippen LogP contribution in [-0.4, -0.2) is 16.1 Å². The van der Waals surface area contributed by atoms with Gasteiger partial charge in [-0.25, -0.2) is 4.39 Å². The first kappa shape index (κ1) is 26.3. The van der Waals surface area contributed by atoms with Crippen molar-refractivity contribution in [2.45, 2.75) is 17.2 Å². The van der Waals surface area contributed by atoms with Gasteiger partial charge in [0, 0.05) is 17.3 Å². The quantitative estimate of drug-likeness (QED) is 0.230. The van der Waals surface area contributed by atoms with E-state index in [1.807, 2.05) is 0 Å². The van der Waals surface area contributed by atoms with E-state index >= 15 is 0 Å². The van der Waals surface area contributed by atoms with Crippen LogP contribution in [-0.2, 0) is 4.79 Å². The molecule has 1 aliphatic carbocycles. The first-order chi connectivity index (χ1) is 16.4. The van der Waals surface area contributed by atoms with Gasteiger partial charge in [0.1, 0.15) is 10.2 Å². The van der Waals surface area contributed by atoms with Crippen LogP contribution < -0.4 is 10.6 Å². The zero-order chi connectivity index (χ0) is 25.7. The lowest BCUT2D eigenvalue weighted by Crippen LogP contribution is -2.18. The molecular weight excluding hydrogens is 580 g/mol. The molecule has 182 valence electrons. The molecule has 3 aromatic carbocycles. The number of benzene rings is 3. The van der Waals surface area contributed by atoms with Crippen LogP contribution in [0, 0.1) is 18.7 Å². The number of carbonyl (C=O) groups is 2. The smallest absolute Gasteiger partial charge is 0.257 e. The summed E-state index contributed by atoms with van der Waals surface area (Å²) >= 11 is 37.2. The average molecular weight is 595 g/mol. The summed E-state index contributed by atoms with van der Waals surface area (Å²) in [6, 6.07) is 11.5. The van der Waals surface area contributed by atoms with Crippen LogP contribution in [0.15, 0.2) is 48.5 Å². The molecule has 0 spiro atoms. The minimum atomic E-state index is -1.39. The Balaban J connectivity index is 1.52. The van der Waals surface area contributed by atoms with E-state index in [0.29, 0.717) is 22.5 Å². The molecule has 0 radical (unpaired) electrons. The van der Waals surface area contributed by atoms with Gasteiger partial charge in [0.05, 0.1) is 31.6 Å². The number of hydrogen-bond donors (Lipinski definition) is 2. The molecule has 11 heteroatoms. The van der Waals surface area contributed by atoms with Crippen LogP contribution in [0.2, 0.25) is 20.1 Å². The second-order valence-electron chi connectivity index (χ2n) is 8.03. The number of hydrogen-bond acceptors (Lipinski definition) is 2. The molecular formula is C24H15Cl6FN2O2. The molecule has 0 heterocycles. The van der Waals surface area contributed by atoms with Crippen molar-refractivity contribution in [3.05, 3.63) is 91.1 Å². The van der Waals surface area contributed by atoms with E-state index < -0.39 is 33.8 Å². The molecule has 1 fully saturated rings. The van der Waals surface area contributed by atoms with Crippen LogP contribution in [0.4, 0.5) is 15.8 Å². The lowest BCUT2D eigenvalue weighted by Gasteiger charge is -2.12. The van der Waals surface area contributed by atoms with Gasteiger partial charge in [-0.05, 0) is 66.6 Å². The van der Waals surface area contributed by atoms with E-state index in [-0.39, 0.29) is 25.7 Å². The van der Waals surface area contributed by atoms with Crippen molar-refractivity contribution in [3.63, 3.8) is 0 Å². The van der Waals surface area contributed by atoms with E-state index in [0.717, 1.165) is 0 Å². The summed E-state index contributed by atoms with van der Waals surface area (Å²) in [4.78, 5) is 25.8. The molecule has 2 N–H and O–H groups in total. The second-order valence-corrected chi connectivity index (χ2v) is 11.1. The maximum absolute atomic E-state index is 13.4. The Morgan fingerprint density at radius 3 is 2.17 bits per heavy atom. The van der Waals surface area contributed by atoms with Gasteiger partial charge in [-0.3, -0.25) is 9.59 Å². The summed E-state index contributed by atoms with van der Waals surface area (Å²) in [6.07, 6.45) is 0. The van der Waals surface area contributed by atoms with Crippen molar-refractivity contribution in [1.29, 1.82) is 0 Å². The molecule has 0 saturated heterocycles. The largest absolute Gasteiger partial charge is 0.326 e. The summed E-state index contributed by atoms with van der Waals surface area (Å²) in [5.41, 5.74) is 1.96. The van der Waals surface area contributed by atoms with Crippen molar-refractivity contribution in [2.24, 2.45) is 5.92 Å². The summed E-state index contributed by atoms with van der Waals surface area (Å²) in [5.74, 6) is -2.80. The van der Waals surface area contributed by atoms with Gasteiger partial charge in [-0.15, -0.1) is 23.2 Å². The normalized spacial score (nSPS) is 18.2. The molecule has 3 aromatic rings. The van der Waals surface area contributed by atoms with E-state index in [4.69, 9.17) is 69.6 Å². The highest BCUT2D eigenvalue weighted by Gasteiger charge is 2.67. The Morgan fingerprint density at radius 1 is 0.886 bits per heavy atom. The molecule has 0 bridgehead atoms. The summed E-state index contributed by atoms with van der Waals surface area (Å²) < 4.78 is 12.0. The molecule has 0 aromatic heterocycles. The van der Waals surface area contributed by atoms with E-state index in [1.54, 1.807) is 19.1 Å². The van der Waals surface area contributed by atoms with Crippen molar-refractivity contribution >= 4 is 92.8 Å². The van der Waals surface area contributed by atoms with Crippen molar-refractivity contribution < 1.29 is 14.0 Å². The fraction of sp³-hybridized carbons (Fsp3) is 0.167. The molecule has 0 aliphatic heterocycles. The maximum atomic E-state index is 13.4. The van der Waals surface area contributed by atoms with Crippen LogP contribution in [0.5, 0.6) is 0 Å². The highest BCUT2D eigenvalue weighted by molar-refractivity contribution is 6.54. The Morgan fingerprint density at radius 2 is 1.54 bits per heavy atom. The first-order valence-corrected chi connectivity index (χ1v) is 12.4. The Bertz CT molecular complexity index is 1340. The Kier molecular flexibility index (Phi) is 7.50. The Hall–Kier alpha value is -1.73. The van der Waals surface area contributed by atoms with Crippen LogP contribution in [0.25, 0.3) is 0 Å². The molecule has 35 heavy (non-hydrogen) atoms. The van der Waals surface area contributed by atoms with Crippen molar-refractivity contribution in [3.8, 4) is 0 Å². The highest BCUT2D eigenvalue weighted by atomic mass is 35.5. The van der Waals surface area contributed by atoms with Gasteiger partial charge in [-0.1, -0.05) is 46.4 Å². The average Bonchev–Trinajstić information content (AvgIpc) is 3.37. The number of halogens is 7. The lowest BCUT2D eigenvalue weighted by atomic mass is 10.1. The van der Waals surface area contributed by atoms with Gasteiger partial charge < -0.3 is 10.6 Å². The van der Waals surface area contributed by atoms with Crippen LogP contribution in [0.1, 0.15) is 27.4 Å². The van der Waals surface area contributed by atoms with Gasteiger partial charge in [0.2, 0.25) is 5.91 Å². The SMILES string of the molecule is Cc1cc(F)ccc1NC(=O)c1cc(NC(=O)[C@@H]2[C@@H](c3cc(Cl)c(Cl)c(Cl)c3)C2(Cl)Cl)ccc1Cl. The van der Waals surface area contributed by atoms with Crippen molar-refractivity contribution in [1.82, 2.24) is 0 Å². The topological polar surface area (TPSA) is 58.2 Å². The van der Waals surface area contributed by atoms with E-state index in [1.165, 1.54) is 36.4 Å². The molecule has 1 aliphatic rings. The summed E-state index contributed by atoms with van der Waals surface area (Å²) in [7, 11) is 0. The third-order valence-electron chi connectivity index (χ3n) is 5.62. The van der Waals surface area contributed by atoms with Crippen LogP contribution >= 0.6 is 69.6 Å². The maximum Gasteiger partial charge on any atom is 0.257 e. The molecule has 1 saturated carbocycles. The van der Waals surface area contributed by atoms with Gasteiger partial charge in [0.15, 0.2) is 0 Å². The minimum absolute atomic E-state index is 0.111. The number of alkyl halides is 2. The number of amides is 2. The standard InChI is InChI=1S/C24H15Cl6FN2O2/c1-10-6-12(31)2-5-18(10)33-22(34)14-9-13(3-4-15(14)25)32-23(35)20-19(24(20,29)30)11-7-16(26)21(28)17(27)8-11/h2-9,19-20H,1H3,(H,32,35)(H,33,34)/t19-,20+/m1/s1. The highest BCUT2D eigenvalue weighted by Crippen LogP contribution is 2.65. The number of nitrogens with one attached hydrogen (secondary N) is 2. The number of anilines is 2. The monoisotopic (exact) mass is 592 g/mol. The van der Waals surface area contributed by atoms with Gasteiger partial charge in [-0.2, -0.15) is 0 Å². The number of aryl methyl sites for hydroxylation is 1. The van der Waals surface area contributed by atoms with Gasteiger partial charge in [0.25, 0.3) is 5.91 Å². The predicted molar refractivity (Wildman–Crippen MR) is 141 cm³/mol. The Labute approximate surface area is 230 Å². The number of carbonyl (C=O) groups excluding carboxylic acids is 2. The summed E-state index contributed by atoms with van der Waals surface area (Å²) in [6.45, 7) is 1.66. The minimum Gasteiger partial charge on any atom is -0.326 e. The molecule has 0 unspecified atom stereocenters. The third-order valence-corrected chi connectivity index (χ3v) is 8.08.